The maximum absolute atomic E-state index is 12.3. The lowest BCUT2D eigenvalue weighted by atomic mass is 9.94. The molecular formula is C25H25NO5. The van der Waals surface area contributed by atoms with E-state index in [0.29, 0.717) is 31.4 Å². The van der Waals surface area contributed by atoms with Crippen molar-refractivity contribution < 1.29 is 23.5 Å². The van der Waals surface area contributed by atoms with Crippen LogP contribution in [-0.2, 0) is 22.4 Å². The highest BCUT2D eigenvalue weighted by Gasteiger charge is 2.28. The number of furan rings is 1. The third-order valence-electron chi connectivity index (χ3n) is 5.37. The normalized spacial score (nSPS) is 14.6. The number of aryl methyl sites for hydroxylation is 2. The maximum atomic E-state index is 12.3. The number of nitrogens with one attached hydrogen (secondary N) is 1. The number of benzene rings is 2. The Hall–Kier alpha value is -3.54. The molecule has 0 saturated heterocycles. The van der Waals surface area contributed by atoms with Crippen LogP contribution in [0.4, 0.5) is 0 Å². The molecule has 0 bridgehead atoms. The Kier molecular flexibility index (Phi) is 6.07. The summed E-state index contributed by atoms with van der Waals surface area (Å²) in [5.41, 5.74) is 4.29. The van der Waals surface area contributed by atoms with E-state index in [9.17, 15) is 9.59 Å². The van der Waals surface area contributed by atoms with Crippen LogP contribution in [0, 0.1) is 6.92 Å². The molecule has 0 aliphatic carbocycles. The first-order valence-electron chi connectivity index (χ1n) is 10.3. The number of esters is 1. The molecule has 0 spiro atoms. The van der Waals surface area contributed by atoms with Gasteiger partial charge in [0.25, 0.3) is 0 Å². The predicted octanol–water partition coefficient (Wildman–Crippen LogP) is 4.09. The van der Waals surface area contributed by atoms with Crippen LogP contribution in [0.5, 0.6) is 5.75 Å². The molecule has 1 aromatic heterocycles. The van der Waals surface area contributed by atoms with Crippen molar-refractivity contribution in [3.8, 4) is 16.9 Å². The Bertz CT molecular complexity index is 1090. The number of carbonyl (C=O) groups is 2. The molecule has 0 radical (unpaired) electrons. The number of fused-ring (bicyclic) bond motifs is 1. The number of carbonyl (C=O) groups excluding carboxylic acids is 2. The number of hydrogen-bond donors (Lipinski definition) is 1. The van der Waals surface area contributed by atoms with Crippen LogP contribution in [-0.4, -0.2) is 31.6 Å². The number of amides is 1. The molecule has 3 aromatic rings. The van der Waals surface area contributed by atoms with Gasteiger partial charge in [-0.2, -0.15) is 0 Å². The lowest BCUT2D eigenvalue weighted by molar-refractivity contribution is -0.121. The number of methoxy groups -OCH3 is 1. The molecule has 1 aliphatic heterocycles. The van der Waals surface area contributed by atoms with Gasteiger partial charge in [0.1, 0.15) is 17.6 Å². The summed E-state index contributed by atoms with van der Waals surface area (Å²) in [6, 6.07) is 15.1. The summed E-state index contributed by atoms with van der Waals surface area (Å²) in [4.78, 5) is 24.5. The molecule has 0 saturated carbocycles. The largest absolute Gasteiger partial charge is 0.487 e. The smallest absolute Gasteiger partial charge is 0.338 e. The van der Waals surface area contributed by atoms with E-state index in [4.69, 9.17) is 13.9 Å². The summed E-state index contributed by atoms with van der Waals surface area (Å²) < 4.78 is 16.4. The van der Waals surface area contributed by atoms with Crippen LogP contribution in [0.1, 0.15) is 33.7 Å². The van der Waals surface area contributed by atoms with E-state index in [1.54, 1.807) is 12.3 Å². The highest BCUT2D eigenvalue weighted by molar-refractivity contribution is 5.98. The van der Waals surface area contributed by atoms with E-state index in [2.05, 4.69) is 11.4 Å². The lowest BCUT2D eigenvalue weighted by Gasteiger charge is -2.15. The number of rotatable bonds is 7. The van der Waals surface area contributed by atoms with Crippen molar-refractivity contribution >= 4 is 11.9 Å². The van der Waals surface area contributed by atoms with Gasteiger partial charge in [0.2, 0.25) is 5.91 Å². The third-order valence-corrected chi connectivity index (χ3v) is 5.37. The van der Waals surface area contributed by atoms with Gasteiger partial charge in [-0.05, 0) is 47.9 Å². The van der Waals surface area contributed by atoms with E-state index < -0.39 is 0 Å². The Morgan fingerprint density at radius 1 is 1.13 bits per heavy atom. The summed E-state index contributed by atoms with van der Waals surface area (Å²) in [7, 11) is 1.38. The zero-order valence-corrected chi connectivity index (χ0v) is 17.6. The molecule has 1 amide bonds. The van der Waals surface area contributed by atoms with E-state index >= 15 is 0 Å². The van der Waals surface area contributed by atoms with Gasteiger partial charge in [-0.25, -0.2) is 4.79 Å². The van der Waals surface area contributed by atoms with E-state index in [0.717, 1.165) is 33.8 Å². The van der Waals surface area contributed by atoms with Crippen molar-refractivity contribution in [3.05, 3.63) is 77.2 Å². The average Bonchev–Trinajstić information content (AvgIpc) is 3.44. The molecule has 2 aromatic carbocycles. The van der Waals surface area contributed by atoms with Gasteiger partial charge in [-0.3, -0.25) is 4.79 Å². The number of ether oxygens (including phenoxy) is 2. The second-order valence-corrected chi connectivity index (χ2v) is 7.67. The standard InChI is InChI=1S/C25H25NO5/c1-16-12-17-14-19(15-26-23(27)10-9-18-6-5-11-30-18)31-24(17)22(13-16)20-7-3-4-8-21(20)25(28)29-2/h3-8,11-13,19H,9-10,14-15H2,1-2H3,(H,26,27). The topological polar surface area (TPSA) is 77.8 Å². The third kappa shape index (κ3) is 4.63. The molecule has 1 unspecified atom stereocenters. The zero-order chi connectivity index (χ0) is 21.8. The van der Waals surface area contributed by atoms with Crippen molar-refractivity contribution in [1.29, 1.82) is 0 Å². The van der Waals surface area contributed by atoms with Crippen molar-refractivity contribution in [2.24, 2.45) is 0 Å². The van der Waals surface area contributed by atoms with Crippen molar-refractivity contribution in [2.45, 2.75) is 32.3 Å². The minimum Gasteiger partial charge on any atom is -0.487 e. The minimum atomic E-state index is -0.385. The van der Waals surface area contributed by atoms with Crippen LogP contribution in [0.2, 0.25) is 0 Å². The van der Waals surface area contributed by atoms with Crippen molar-refractivity contribution in [2.75, 3.05) is 13.7 Å². The molecule has 1 N–H and O–H groups in total. The van der Waals surface area contributed by atoms with Gasteiger partial charge in [0, 0.05) is 24.8 Å². The summed E-state index contributed by atoms with van der Waals surface area (Å²) in [5.74, 6) is 1.13. The average molecular weight is 419 g/mol. The predicted molar refractivity (Wildman–Crippen MR) is 116 cm³/mol. The fourth-order valence-corrected chi connectivity index (χ4v) is 3.92. The van der Waals surface area contributed by atoms with Crippen molar-refractivity contribution in [3.63, 3.8) is 0 Å². The van der Waals surface area contributed by atoms with Crippen LogP contribution in [0.3, 0.4) is 0 Å². The molecule has 2 heterocycles. The van der Waals surface area contributed by atoms with Gasteiger partial charge < -0.3 is 19.2 Å². The second kappa shape index (κ2) is 9.08. The van der Waals surface area contributed by atoms with E-state index in [1.165, 1.54) is 7.11 Å². The van der Waals surface area contributed by atoms with Crippen LogP contribution in [0.15, 0.2) is 59.2 Å². The van der Waals surface area contributed by atoms with E-state index in [1.807, 2.05) is 43.3 Å². The van der Waals surface area contributed by atoms with Gasteiger partial charge >= 0.3 is 5.97 Å². The Morgan fingerprint density at radius 3 is 2.74 bits per heavy atom. The quantitative estimate of drug-likeness (QED) is 0.584. The summed E-state index contributed by atoms with van der Waals surface area (Å²) in [5, 5.41) is 2.95. The fourth-order valence-electron chi connectivity index (χ4n) is 3.92. The molecule has 1 aliphatic rings. The van der Waals surface area contributed by atoms with Crippen LogP contribution in [0.25, 0.3) is 11.1 Å². The second-order valence-electron chi connectivity index (χ2n) is 7.67. The number of hydrogen-bond acceptors (Lipinski definition) is 5. The van der Waals surface area contributed by atoms with Gasteiger partial charge in [0.15, 0.2) is 0 Å². The summed E-state index contributed by atoms with van der Waals surface area (Å²) >= 11 is 0. The van der Waals surface area contributed by atoms with Gasteiger partial charge in [-0.15, -0.1) is 0 Å². The maximum Gasteiger partial charge on any atom is 0.338 e. The molecule has 31 heavy (non-hydrogen) atoms. The molecule has 0 fully saturated rings. The molecule has 4 rings (SSSR count). The molecule has 6 heteroatoms. The minimum absolute atomic E-state index is 0.0385. The molecule has 6 nitrogen and oxygen atoms in total. The zero-order valence-electron chi connectivity index (χ0n) is 17.6. The van der Waals surface area contributed by atoms with Crippen LogP contribution < -0.4 is 10.1 Å². The Morgan fingerprint density at radius 2 is 1.97 bits per heavy atom. The van der Waals surface area contributed by atoms with Crippen molar-refractivity contribution in [1.82, 2.24) is 5.32 Å². The lowest BCUT2D eigenvalue weighted by Crippen LogP contribution is -2.34. The van der Waals surface area contributed by atoms with Gasteiger partial charge in [-0.1, -0.05) is 24.3 Å². The molecular weight excluding hydrogens is 394 g/mol. The Balaban J connectivity index is 1.47. The first-order valence-corrected chi connectivity index (χ1v) is 10.3. The SMILES string of the molecule is COC(=O)c1ccccc1-c1cc(C)cc2c1OC(CNC(=O)CCc1ccco1)C2. The fraction of sp³-hybridized carbons (Fsp3) is 0.280. The highest BCUT2D eigenvalue weighted by atomic mass is 16.5. The van der Waals surface area contributed by atoms with Crippen LogP contribution >= 0.6 is 0 Å². The van der Waals surface area contributed by atoms with E-state index in [-0.39, 0.29) is 18.0 Å². The summed E-state index contributed by atoms with van der Waals surface area (Å²) in [6.07, 6.45) is 3.08. The first kappa shape index (κ1) is 20.7. The summed E-state index contributed by atoms with van der Waals surface area (Å²) in [6.45, 7) is 2.44. The molecule has 160 valence electrons. The first-order chi connectivity index (χ1) is 15.0. The highest BCUT2D eigenvalue weighted by Crippen LogP contribution is 2.41. The Labute approximate surface area is 181 Å². The monoisotopic (exact) mass is 419 g/mol. The molecule has 1 atom stereocenters. The van der Waals surface area contributed by atoms with Gasteiger partial charge in [0.05, 0.1) is 25.5 Å².